The van der Waals surface area contributed by atoms with Crippen LogP contribution < -0.4 is 15.0 Å². The molecular formula is C21H24N2O3S. The fourth-order valence-electron chi connectivity index (χ4n) is 2.87. The van der Waals surface area contributed by atoms with Crippen LogP contribution in [0.15, 0.2) is 58.5 Å². The Morgan fingerprint density at radius 1 is 1.19 bits per heavy atom. The van der Waals surface area contributed by atoms with Crippen molar-refractivity contribution in [3.05, 3.63) is 59.1 Å². The number of ketones is 1. The van der Waals surface area contributed by atoms with Crippen molar-refractivity contribution in [1.82, 2.24) is 0 Å². The average molecular weight is 385 g/mol. The Bertz CT molecular complexity index is 834. The van der Waals surface area contributed by atoms with Gasteiger partial charge in [-0.2, -0.15) is 0 Å². The number of rotatable bonds is 8. The molecule has 3 rings (SSSR count). The second-order valence-corrected chi connectivity index (χ2v) is 7.29. The summed E-state index contributed by atoms with van der Waals surface area (Å²) >= 11 is 1.63. The first-order valence-electron chi connectivity index (χ1n) is 8.78. The number of methoxy groups -OCH3 is 2. The number of nitrogens with one attached hydrogen (secondary N) is 1. The summed E-state index contributed by atoms with van der Waals surface area (Å²) in [5.74, 6) is 0.877. The van der Waals surface area contributed by atoms with Gasteiger partial charge in [0.25, 0.3) is 0 Å². The van der Waals surface area contributed by atoms with E-state index in [2.05, 4.69) is 28.4 Å². The maximum atomic E-state index is 11.7. The van der Waals surface area contributed by atoms with Crippen LogP contribution in [0.5, 0.6) is 5.75 Å². The van der Waals surface area contributed by atoms with Crippen LogP contribution in [0.1, 0.15) is 12.5 Å². The van der Waals surface area contributed by atoms with Crippen molar-refractivity contribution in [1.29, 1.82) is 0 Å². The minimum absolute atomic E-state index is 0.0449. The van der Waals surface area contributed by atoms with Crippen LogP contribution in [-0.4, -0.2) is 33.2 Å². The lowest BCUT2D eigenvalue weighted by Gasteiger charge is -2.21. The van der Waals surface area contributed by atoms with Crippen molar-refractivity contribution >= 4 is 28.9 Å². The van der Waals surface area contributed by atoms with Crippen LogP contribution in [0.25, 0.3) is 0 Å². The third-order valence-electron chi connectivity index (χ3n) is 4.19. The molecule has 1 aliphatic heterocycles. The molecule has 5 nitrogen and oxygen atoms in total. The number of hydrogen-bond acceptors (Lipinski definition) is 6. The summed E-state index contributed by atoms with van der Waals surface area (Å²) in [6, 6.07) is 14.3. The number of ether oxygens (including phenoxy) is 2. The Morgan fingerprint density at radius 2 is 1.96 bits per heavy atom. The van der Waals surface area contributed by atoms with Crippen LogP contribution in [0.4, 0.5) is 11.4 Å². The molecule has 1 aliphatic rings. The lowest BCUT2D eigenvalue weighted by molar-refractivity contribution is -0.112. The normalized spacial score (nSPS) is 14.3. The van der Waals surface area contributed by atoms with Gasteiger partial charge in [0.2, 0.25) is 0 Å². The van der Waals surface area contributed by atoms with E-state index < -0.39 is 0 Å². The first kappa shape index (κ1) is 19.3. The Labute approximate surface area is 164 Å². The van der Waals surface area contributed by atoms with Gasteiger partial charge in [-0.1, -0.05) is 23.9 Å². The highest BCUT2D eigenvalue weighted by Gasteiger charge is 2.26. The van der Waals surface area contributed by atoms with Gasteiger partial charge in [0.05, 0.1) is 24.4 Å². The van der Waals surface area contributed by atoms with Gasteiger partial charge in [-0.15, -0.1) is 0 Å². The quantitative estimate of drug-likeness (QED) is 0.541. The first-order chi connectivity index (χ1) is 13.1. The smallest absolute Gasteiger partial charge is 0.155 e. The molecule has 0 amide bonds. The number of hydrogen-bond donors (Lipinski definition) is 1. The number of carbonyl (C=O) groups is 1. The Kier molecular flexibility index (Phi) is 6.42. The molecule has 1 heterocycles. The number of carbonyl (C=O) groups excluding carboxylic acids is 1. The Hall–Kier alpha value is -2.44. The standard InChI is InChI=1S/C21H24N2O3S/c1-15(24)12-21-23(14-16-4-7-18(26-3)8-5-16)19-13-17(22-10-11-25-2)6-9-20(19)27-21/h4-9,12-13,22H,10-11,14H2,1-3H3/b21-12-. The summed E-state index contributed by atoms with van der Waals surface area (Å²) < 4.78 is 10.3. The highest BCUT2D eigenvalue weighted by Crippen LogP contribution is 2.47. The summed E-state index contributed by atoms with van der Waals surface area (Å²) in [5.41, 5.74) is 3.29. The van der Waals surface area contributed by atoms with E-state index in [0.29, 0.717) is 13.2 Å². The highest BCUT2D eigenvalue weighted by molar-refractivity contribution is 8.03. The molecule has 0 fully saturated rings. The monoisotopic (exact) mass is 384 g/mol. The molecule has 0 bridgehead atoms. The van der Waals surface area contributed by atoms with E-state index in [1.54, 1.807) is 39.0 Å². The fourth-order valence-corrected chi connectivity index (χ4v) is 4.00. The predicted octanol–water partition coefficient (Wildman–Crippen LogP) is 4.30. The maximum Gasteiger partial charge on any atom is 0.155 e. The predicted molar refractivity (Wildman–Crippen MR) is 111 cm³/mol. The van der Waals surface area contributed by atoms with Crippen molar-refractivity contribution in [3.8, 4) is 5.75 Å². The zero-order valence-corrected chi connectivity index (χ0v) is 16.6. The molecular weight excluding hydrogens is 360 g/mol. The van der Waals surface area contributed by atoms with Crippen LogP contribution in [0.3, 0.4) is 0 Å². The summed E-state index contributed by atoms with van der Waals surface area (Å²) in [4.78, 5) is 15.0. The summed E-state index contributed by atoms with van der Waals surface area (Å²) in [7, 11) is 3.35. The number of anilines is 2. The maximum absolute atomic E-state index is 11.7. The number of allylic oxidation sites excluding steroid dienone is 1. The van der Waals surface area contributed by atoms with Crippen LogP contribution in [-0.2, 0) is 16.1 Å². The number of fused-ring (bicyclic) bond motifs is 1. The molecule has 0 atom stereocenters. The Balaban J connectivity index is 1.88. The molecule has 0 aromatic heterocycles. The van der Waals surface area contributed by atoms with Crippen molar-refractivity contribution < 1.29 is 14.3 Å². The van der Waals surface area contributed by atoms with Gasteiger partial charge in [-0.3, -0.25) is 4.79 Å². The van der Waals surface area contributed by atoms with Crippen LogP contribution in [0, 0.1) is 0 Å². The number of nitrogens with zero attached hydrogens (tertiary/aromatic N) is 1. The molecule has 0 spiro atoms. The van der Waals surface area contributed by atoms with Gasteiger partial charge < -0.3 is 19.7 Å². The SMILES string of the molecule is COCCNc1ccc2c(c1)N(Cc1ccc(OC)cc1)/C(=C/C(C)=O)S2. The topological polar surface area (TPSA) is 50.8 Å². The lowest BCUT2D eigenvalue weighted by Crippen LogP contribution is -2.18. The van der Waals surface area contributed by atoms with Gasteiger partial charge in [-0.25, -0.2) is 0 Å². The molecule has 0 unspecified atom stereocenters. The van der Waals surface area contributed by atoms with E-state index in [9.17, 15) is 4.79 Å². The summed E-state index contributed by atoms with van der Waals surface area (Å²) in [6.07, 6.45) is 1.70. The number of benzene rings is 2. The third-order valence-corrected chi connectivity index (χ3v) is 5.30. The average Bonchev–Trinajstić information content (AvgIpc) is 2.98. The second kappa shape index (κ2) is 8.97. The molecule has 27 heavy (non-hydrogen) atoms. The van der Waals surface area contributed by atoms with Crippen molar-refractivity contribution in [2.75, 3.05) is 37.6 Å². The van der Waals surface area contributed by atoms with E-state index in [4.69, 9.17) is 9.47 Å². The van der Waals surface area contributed by atoms with E-state index >= 15 is 0 Å². The van der Waals surface area contributed by atoms with Gasteiger partial charge in [0.15, 0.2) is 5.78 Å². The first-order valence-corrected chi connectivity index (χ1v) is 9.60. The lowest BCUT2D eigenvalue weighted by atomic mass is 10.2. The van der Waals surface area contributed by atoms with Crippen LogP contribution >= 0.6 is 11.8 Å². The van der Waals surface area contributed by atoms with Crippen molar-refractivity contribution in [2.24, 2.45) is 0 Å². The van der Waals surface area contributed by atoms with Gasteiger partial charge in [-0.05, 0) is 42.8 Å². The van der Waals surface area contributed by atoms with Crippen LogP contribution in [0.2, 0.25) is 0 Å². The summed E-state index contributed by atoms with van der Waals surface area (Å²) in [6.45, 7) is 3.67. The molecule has 142 valence electrons. The van der Waals surface area contributed by atoms with Gasteiger partial charge >= 0.3 is 0 Å². The molecule has 0 radical (unpaired) electrons. The molecule has 0 aliphatic carbocycles. The summed E-state index contributed by atoms with van der Waals surface area (Å²) in [5, 5.41) is 4.31. The minimum atomic E-state index is 0.0449. The van der Waals surface area contributed by atoms with Crippen molar-refractivity contribution in [3.63, 3.8) is 0 Å². The van der Waals surface area contributed by atoms with E-state index in [-0.39, 0.29) is 5.78 Å². The molecule has 2 aromatic rings. The highest BCUT2D eigenvalue weighted by atomic mass is 32.2. The van der Waals surface area contributed by atoms with Gasteiger partial charge in [0, 0.05) is 36.9 Å². The van der Waals surface area contributed by atoms with E-state index in [0.717, 1.165) is 39.2 Å². The molecule has 0 saturated heterocycles. The van der Waals surface area contributed by atoms with E-state index in [1.165, 1.54) is 0 Å². The fraction of sp³-hybridized carbons (Fsp3) is 0.286. The van der Waals surface area contributed by atoms with E-state index in [1.807, 2.05) is 24.3 Å². The van der Waals surface area contributed by atoms with Gasteiger partial charge in [0.1, 0.15) is 5.75 Å². The zero-order valence-electron chi connectivity index (χ0n) is 15.8. The largest absolute Gasteiger partial charge is 0.497 e. The minimum Gasteiger partial charge on any atom is -0.497 e. The molecule has 2 aromatic carbocycles. The van der Waals surface area contributed by atoms with Crippen molar-refractivity contribution in [2.45, 2.75) is 18.4 Å². The molecule has 6 heteroatoms. The molecule has 1 N–H and O–H groups in total. The zero-order chi connectivity index (χ0) is 19.2. The third kappa shape index (κ3) is 4.84. The number of thioether (sulfide) groups is 1. The second-order valence-electron chi connectivity index (χ2n) is 6.23. The molecule has 0 saturated carbocycles. The Morgan fingerprint density at radius 3 is 2.63 bits per heavy atom.